The molecule has 6 nitrogen and oxygen atoms in total. The van der Waals surface area contributed by atoms with Gasteiger partial charge >= 0.3 is 5.97 Å². The van der Waals surface area contributed by atoms with Crippen molar-refractivity contribution in [2.24, 2.45) is 5.73 Å². The van der Waals surface area contributed by atoms with E-state index in [9.17, 15) is 9.59 Å². The van der Waals surface area contributed by atoms with Gasteiger partial charge < -0.3 is 20.5 Å². The summed E-state index contributed by atoms with van der Waals surface area (Å²) in [7, 11) is 2.85. The molecule has 1 unspecified atom stereocenters. The SMILES string of the molecule is COCCCC(N)C(=O)Nc1cc(Cl)ccc1C(=O)OC. The highest BCUT2D eigenvalue weighted by Gasteiger charge is 2.18. The van der Waals surface area contributed by atoms with Gasteiger partial charge in [0.05, 0.1) is 24.4 Å². The third kappa shape index (κ3) is 5.34. The average Bonchev–Trinajstić information content (AvgIpc) is 2.46. The van der Waals surface area contributed by atoms with Crippen LogP contribution in [0.5, 0.6) is 0 Å². The van der Waals surface area contributed by atoms with Crippen LogP contribution < -0.4 is 11.1 Å². The van der Waals surface area contributed by atoms with Gasteiger partial charge in [0.2, 0.25) is 5.91 Å². The Morgan fingerprint density at radius 1 is 1.38 bits per heavy atom. The molecule has 0 bridgehead atoms. The number of anilines is 1. The summed E-state index contributed by atoms with van der Waals surface area (Å²) in [6.07, 6.45) is 1.15. The van der Waals surface area contributed by atoms with E-state index < -0.39 is 17.9 Å². The summed E-state index contributed by atoms with van der Waals surface area (Å²) in [5, 5.41) is 3.00. The van der Waals surface area contributed by atoms with E-state index in [4.69, 9.17) is 22.1 Å². The summed E-state index contributed by atoms with van der Waals surface area (Å²) in [6.45, 7) is 0.533. The zero-order valence-electron chi connectivity index (χ0n) is 12.0. The van der Waals surface area contributed by atoms with Crippen molar-refractivity contribution >= 4 is 29.2 Å². The predicted octanol–water partition coefficient (Wildman–Crippen LogP) is 1.82. The first-order valence-electron chi connectivity index (χ1n) is 6.42. The van der Waals surface area contributed by atoms with Crippen molar-refractivity contribution in [2.75, 3.05) is 26.1 Å². The van der Waals surface area contributed by atoms with Gasteiger partial charge in [0.1, 0.15) is 0 Å². The molecule has 1 rings (SSSR count). The quantitative estimate of drug-likeness (QED) is 0.592. The van der Waals surface area contributed by atoms with Crippen LogP contribution in [0.25, 0.3) is 0 Å². The monoisotopic (exact) mass is 314 g/mol. The number of hydrogen-bond donors (Lipinski definition) is 2. The Hall–Kier alpha value is -1.63. The maximum atomic E-state index is 12.0. The predicted molar refractivity (Wildman–Crippen MR) is 80.5 cm³/mol. The molecule has 21 heavy (non-hydrogen) atoms. The fraction of sp³-hybridized carbons (Fsp3) is 0.429. The Morgan fingerprint density at radius 3 is 2.71 bits per heavy atom. The summed E-state index contributed by atoms with van der Waals surface area (Å²) in [6, 6.07) is 3.82. The van der Waals surface area contributed by atoms with E-state index in [0.29, 0.717) is 24.5 Å². The van der Waals surface area contributed by atoms with Crippen molar-refractivity contribution in [3.8, 4) is 0 Å². The molecule has 0 spiro atoms. The molecule has 1 aromatic rings. The van der Waals surface area contributed by atoms with Gasteiger partial charge in [0.15, 0.2) is 0 Å². The number of hydrogen-bond acceptors (Lipinski definition) is 5. The number of ether oxygens (including phenoxy) is 2. The first kappa shape index (κ1) is 17.4. The molecular formula is C14H19ClN2O4. The van der Waals surface area contributed by atoms with Crippen LogP contribution >= 0.6 is 11.6 Å². The molecule has 7 heteroatoms. The van der Waals surface area contributed by atoms with Crippen molar-refractivity contribution in [2.45, 2.75) is 18.9 Å². The normalized spacial score (nSPS) is 11.8. The Balaban J connectivity index is 2.79. The Kier molecular flexibility index (Phi) is 7.14. The molecule has 0 saturated carbocycles. The molecule has 0 aliphatic heterocycles. The van der Waals surface area contributed by atoms with E-state index in [0.717, 1.165) is 0 Å². The molecule has 0 aromatic heterocycles. The van der Waals surface area contributed by atoms with Crippen molar-refractivity contribution in [1.82, 2.24) is 0 Å². The molecule has 3 N–H and O–H groups in total. The molecule has 0 aliphatic carbocycles. The molecule has 0 aliphatic rings. The molecule has 0 heterocycles. The molecule has 0 saturated heterocycles. The number of amides is 1. The molecule has 1 aromatic carbocycles. The van der Waals surface area contributed by atoms with Gasteiger partial charge in [-0.1, -0.05) is 11.6 Å². The van der Waals surface area contributed by atoms with Crippen molar-refractivity contribution in [3.05, 3.63) is 28.8 Å². The van der Waals surface area contributed by atoms with Crippen LogP contribution in [0.3, 0.4) is 0 Å². The Morgan fingerprint density at radius 2 is 2.10 bits per heavy atom. The summed E-state index contributed by atoms with van der Waals surface area (Å²) >= 11 is 5.88. The molecule has 0 fully saturated rings. The van der Waals surface area contributed by atoms with Crippen LogP contribution in [0.1, 0.15) is 23.2 Å². The minimum Gasteiger partial charge on any atom is -0.465 e. The third-order valence-corrected chi connectivity index (χ3v) is 3.08. The number of rotatable bonds is 7. The number of halogens is 1. The summed E-state index contributed by atoms with van der Waals surface area (Å²) < 4.78 is 9.56. The van der Waals surface area contributed by atoms with Crippen LogP contribution in [0, 0.1) is 0 Å². The van der Waals surface area contributed by atoms with Gasteiger partial charge in [0, 0.05) is 18.7 Å². The number of carbonyl (C=O) groups is 2. The van der Waals surface area contributed by atoms with E-state index in [1.54, 1.807) is 13.2 Å². The first-order chi connectivity index (χ1) is 9.99. The molecule has 0 radical (unpaired) electrons. The highest BCUT2D eigenvalue weighted by Crippen LogP contribution is 2.22. The maximum Gasteiger partial charge on any atom is 0.339 e. The second kappa shape index (κ2) is 8.61. The lowest BCUT2D eigenvalue weighted by atomic mass is 10.1. The van der Waals surface area contributed by atoms with Crippen molar-refractivity contribution < 1.29 is 19.1 Å². The van der Waals surface area contributed by atoms with Gasteiger partial charge in [-0.3, -0.25) is 4.79 Å². The standard InChI is InChI=1S/C14H19ClN2O4/c1-20-7-3-4-11(16)13(18)17-12-8-9(15)5-6-10(12)14(19)21-2/h5-6,8,11H,3-4,7,16H2,1-2H3,(H,17,18). The average molecular weight is 315 g/mol. The van der Waals surface area contributed by atoms with E-state index in [2.05, 4.69) is 10.1 Å². The van der Waals surface area contributed by atoms with Gasteiger partial charge in [0.25, 0.3) is 0 Å². The molecular weight excluding hydrogens is 296 g/mol. The number of methoxy groups -OCH3 is 2. The second-order valence-electron chi connectivity index (χ2n) is 4.41. The smallest absolute Gasteiger partial charge is 0.339 e. The van der Waals surface area contributed by atoms with Crippen LogP contribution in [0.4, 0.5) is 5.69 Å². The van der Waals surface area contributed by atoms with E-state index in [-0.39, 0.29) is 11.3 Å². The molecule has 116 valence electrons. The van der Waals surface area contributed by atoms with Crippen LogP contribution in [0.15, 0.2) is 18.2 Å². The third-order valence-electron chi connectivity index (χ3n) is 2.85. The fourth-order valence-electron chi connectivity index (χ4n) is 1.71. The minimum absolute atomic E-state index is 0.222. The summed E-state index contributed by atoms with van der Waals surface area (Å²) in [5.74, 6) is -0.951. The van der Waals surface area contributed by atoms with Crippen LogP contribution in [-0.4, -0.2) is 38.7 Å². The lowest BCUT2D eigenvalue weighted by Crippen LogP contribution is -2.36. The highest BCUT2D eigenvalue weighted by molar-refractivity contribution is 6.31. The first-order valence-corrected chi connectivity index (χ1v) is 6.80. The van der Waals surface area contributed by atoms with Gasteiger partial charge in [-0.15, -0.1) is 0 Å². The Bertz CT molecular complexity index is 508. The zero-order chi connectivity index (χ0) is 15.8. The van der Waals surface area contributed by atoms with E-state index in [1.807, 2.05) is 0 Å². The topological polar surface area (TPSA) is 90.6 Å². The second-order valence-corrected chi connectivity index (χ2v) is 4.85. The van der Waals surface area contributed by atoms with Gasteiger partial charge in [-0.2, -0.15) is 0 Å². The maximum absolute atomic E-state index is 12.0. The Labute approximate surface area is 128 Å². The van der Waals surface area contributed by atoms with Crippen molar-refractivity contribution in [3.63, 3.8) is 0 Å². The number of nitrogens with one attached hydrogen (secondary N) is 1. The zero-order valence-corrected chi connectivity index (χ0v) is 12.8. The summed E-state index contributed by atoms with van der Waals surface area (Å²) in [5.41, 5.74) is 6.29. The van der Waals surface area contributed by atoms with Crippen LogP contribution in [0.2, 0.25) is 5.02 Å². The summed E-state index contributed by atoms with van der Waals surface area (Å²) in [4.78, 5) is 23.7. The van der Waals surface area contributed by atoms with Crippen molar-refractivity contribution in [1.29, 1.82) is 0 Å². The van der Waals surface area contributed by atoms with Gasteiger partial charge in [-0.05, 0) is 31.0 Å². The molecule has 1 atom stereocenters. The largest absolute Gasteiger partial charge is 0.465 e. The number of carbonyl (C=O) groups excluding carboxylic acids is 2. The van der Waals surface area contributed by atoms with E-state index in [1.165, 1.54) is 19.2 Å². The lowest BCUT2D eigenvalue weighted by Gasteiger charge is -2.14. The van der Waals surface area contributed by atoms with Gasteiger partial charge in [-0.25, -0.2) is 4.79 Å². The lowest BCUT2D eigenvalue weighted by molar-refractivity contribution is -0.117. The minimum atomic E-state index is -0.690. The molecule has 1 amide bonds. The number of benzene rings is 1. The fourth-order valence-corrected chi connectivity index (χ4v) is 1.88. The number of nitrogens with two attached hydrogens (primary N) is 1. The van der Waals surface area contributed by atoms with Crippen LogP contribution in [-0.2, 0) is 14.3 Å². The number of esters is 1. The highest BCUT2D eigenvalue weighted by atomic mass is 35.5. The van der Waals surface area contributed by atoms with E-state index >= 15 is 0 Å².